The molecule has 0 radical (unpaired) electrons. The number of nitrogens with two attached hydrogens (primary N) is 1. The van der Waals surface area contributed by atoms with Crippen molar-refractivity contribution in [3.63, 3.8) is 0 Å². The molecule has 1 fully saturated rings. The van der Waals surface area contributed by atoms with Crippen molar-refractivity contribution in [3.05, 3.63) is 23.8 Å². The molecule has 0 bridgehead atoms. The average Bonchev–Trinajstić information content (AvgIpc) is 2.85. The highest BCUT2D eigenvalue weighted by Crippen LogP contribution is 2.46. The summed E-state index contributed by atoms with van der Waals surface area (Å²) in [6.07, 6.45) is 2.41. The molecule has 0 aliphatic carbocycles. The number of rotatable bonds is 4. The molecule has 0 spiro atoms. The van der Waals surface area contributed by atoms with Crippen molar-refractivity contribution >= 4 is 11.8 Å². The van der Waals surface area contributed by atoms with Crippen LogP contribution in [0.15, 0.2) is 18.2 Å². The van der Waals surface area contributed by atoms with Crippen LogP contribution in [0.4, 0.5) is 0 Å². The molecule has 1 heterocycles. The second-order valence-electron chi connectivity index (χ2n) is 4.89. The lowest BCUT2D eigenvalue weighted by Gasteiger charge is -2.31. The molecule has 1 aromatic rings. The molecule has 18 heavy (non-hydrogen) atoms. The van der Waals surface area contributed by atoms with E-state index in [1.54, 1.807) is 14.2 Å². The molecule has 1 aliphatic heterocycles. The van der Waals surface area contributed by atoms with E-state index in [-0.39, 0.29) is 10.8 Å². The van der Waals surface area contributed by atoms with E-state index in [2.05, 4.69) is 6.92 Å². The Morgan fingerprint density at radius 3 is 2.28 bits per heavy atom. The third-order valence-corrected chi connectivity index (χ3v) is 5.25. The van der Waals surface area contributed by atoms with Gasteiger partial charge in [-0.3, -0.25) is 0 Å². The van der Waals surface area contributed by atoms with Gasteiger partial charge in [-0.15, -0.1) is 0 Å². The summed E-state index contributed by atoms with van der Waals surface area (Å²) in [5, 5.41) is 0. The molecule has 1 aliphatic rings. The van der Waals surface area contributed by atoms with Crippen molar-refractivity contribution in [2.24, 2.45) is 5.73 Å². The molecule has 2 unspecified atom stereocenters. The molecule has 2 N–H and O–H groups in total. The van der Waals surface area contributed by atoms with Gasteiger partial charge in [0.15, 0.2) is 0 Å². The molecule has 0 amide bonds. The van der Waals surface area contributed by atoms with Gasteiger partial charge in [-0.05, 0) is 43.2 Å². The van der Waals surface area contributed by atoms with E-state index >= 15 is 0 Å². The third-order valence-electron chi connectivity index (χ3n) is 3.64. The van der Waals surface area contributed by atoms with Crippen molar-refractivity contribution in [1.29, 1.82) is 0 Å². The number of hydrogen-bond donors (Lipinski definition) is 1. The number of ether oxygens (including phenoxy) is 2. The Bertz CT molecular complexity index is 394. The van der Waals surface area contributed by atoms with E-state index in [0.717, 1.165) is 17.1 Å². The number of methoxy groups -OCH3 is 2. The van der Waals surface area contributed by atoms with Crippen LogP contribution >= 0.6 is 11.8 Å². The summed E-state index contributed by atoms with van der Waals surface area (Å²) in [4.78, 5) is 0. The normalized spacial score (nSPS) is 24.9. The predicted octanol–water partition coefficient (Wildman–Crippen LogP) is 2.99. The fourth-order valence-corrected chi connectivity index (χ4v) is 3.77. The maximum Gasteiger partial charge on any atom is 0.122 e. The van der Waals surface area contributed by atoms with Gasteiger partial charge >= 0.3 is 0 Å². The van der Waals surface area contributed by atoms with E-state index in [0.29, 0.717) is 0 Å². The van der Waals surface area contributed by atoms with Gasteiger partial charge in [-0.1, -0.05) is 0 Å². The first-order valence-corrected chi connectivity index (χ1v) is 7.20. The van der Waals surface area contributed by atoms with Gasteiger partial charge in [-0.25, -0.2) is 0 Å². The predicted molar refractivity (Wildman–Crippen MR) is 76.6 cm³/mol. The minimum absolute atomic E-state index is 0.00833. The maximum atomic E-state index is 6.45. The first-order valence-electron chi connectivity index (χ1n) is 6.21. The SMILES string of the molecule is COc1cc(OC)cc(C(N)C2(C)CCCS2)c1. The lowest BCUT2D eigenvalue weighted by Crippen LogP contribution is -2.33. The molecule has 0 saturated carbocycles. The van der Waals surface area contributed by atoms with Crippen molar-refractivity contribution in [3.8, 4) is 11.5 Å². The van der Waals surface area contributed by atoms with E-state index in [4.69, 9.17) is 15.2 Å². The van der Waals surface area contributed by atoms with E-state index in [9.17, 15) is 0 Å². The molecular weight excluding hydrogens is 246 g/mol. The van der Waals surface area contributed by atoms with Gasteiger partial charge in [0.1, 0.15) is 11.5 Å². The molecular formula is C14H21NO2S. The molecule has 3 nitrogen and oxygen atoms in total. The summed E-state index contributed by atoms with van der Waals surface area (Å²) in [6.45, 7) is 2.25. The molecule has 1 saturated heterocycles. The van der Waals surface area contributed by atoms with Gasteiger partial charge in [0.2, 0.25) is 0 Å². The summed E-state index contributed by atoms with van der Waals surface area (Å²) >= 11 is 1.97. The van der Waals surface area contributed by atoms with Crippen molar-refractivity contribution in [2.75, 3.05) is 20.0 Å². The largest absolute Gasteiger partial charge is 0.497 e. The Kier molecular flexibility index (Phi) is 4.07. The monoisotopic (exact) mass is 267 g/mol. The van der Waals surface area contributed by atoms with Crippen LogP contribution in [-0.2, 0) is 0 Å². The molecule has 100 valence electrons. The van der Waals surface area contributed by atoms with Crippen LogP contribution in [0.1, 0.15) is 31.4 Å². The Morgan fingerprint density at radius 1 is 1.22 bits per heavy atom. The highest BCUT2D eigenvalue weighted by atomic mass is 32.2. The zero-order valence-electron chi connectivity index (χ0n) is 11.2. The van der Waals surface area contributed by atoms with Crippen molar-refractivity contribution < 1.29 is 9.47 Å². The van der Waals surface area contributed by atoms with Gasteiger partial charge < -0.3 is 15.2 Å². The second kappa shape index (κ2) is 5.41. The highest BCUT2D eigenvalue weighted by Gasteiger charge is 2.36. The summed E-state index contributed by atoms with van der Waals surface area (Å²) in [5.41, 5.74) is 7.54. The average molecular weight is 267 g/mol. The van der Waals surface area contributed by atoms with Crippen LogP contribution in [0, 0.1) is 0 Å². The van der Waals surface area contributed by atoms with E-state index < -0.39 is 0 Å². The zero-order valence-corrected chi connectivity index (χ0v) is 12.0. The van der Waals surface area contributed by atoms with E-state index in [1.807, 2.05) is 30.0 Å². The minimum atomic E-state index is 0.00833. The van der Waals surface area contributed by atoms with Crippen LogP contribution in [-0.4, -0.2) is 24.7 Å². The van der Waals surface area contributed by atoms with Crippen molar-refractivity contribution in [1.82, 2.24) is 0 Å². The topological polar surface area (TPSA) is 44.5 Å². The Labute approximate surface area is 113 Å². The number of hydrogen-bond acceptors (Lipinski definition) is 4. The highest BCUT2D eigenvalue weighted by molar-refractivity contribution is 8.00. The summed E-state index contributed by atoms with van der Waals surface area (Å²) < 4.78 is 10.7. The third kappa shape index (κ3) is 2.59. The van der Waals surface area contributed by atoms with Gasteiger partial charge in [0.05, 0.1) is 14.2 Å². The smallest absolute Gasteiger partial charge is 0.122 e. The Balaban J connectivity index is 2.31. The lowest BCUT2D eigenvalue weighted by molar-refractivity contribution is 0.391. The Morgan fingerprint density at radius 2 is 1.83 bits per heavy atom. The summed E-state index contributed by atoms with van der Waals surface area (Å²) in [6, 6.07) is 5.91. The van der Waals surface area contributed by atoms with Crippen LogP contribution < -0.4 is 15.2 Å². The van der Waals surface area contributed by atoms with Crippen LogP contribution in [0.3, 0.4) is 0 Å². The fourth-order valence-electron chi connectivity index (χ4n) is 2.41. The lowest BCUT2D eigenvalue weighted by atomic mass is 9.91. The number of benzene rings is 1. The molecule has 0 aromatic heterocycles. The fraction of sp³-hybridized carbons (Fsp3) is 0.571. The van der Waals surface area contributed by atoms with Crippen LogP contribution in [0.5, 0.6) is 11.5 Å². The summed E-state index contributed by atoms with van der Waals surface area (Å²) in [7, 11) is 3.33. The zero-order chi connectivity index (χ0) is 13.2. The summed E-state index contributed by atoms with van der Waals surface area (Å²) in [5.74, 6) is 2.79. The first kappa shape index (κ1) is 13.6. The van der Waals surface area contributed by atoms with Gasteiger partial charge in [0.25, 0.3) is 0 Å². The van der Waals surface area contributed by atoms with Gasteiger partial charge in [-0.2, -0.15) is 11.8 Å². The molecule has 2 atom stereocenters. The van der Waals surface area contributed by atoms with Crippen molar-refractivity contribution in [2.45, 2.75) is 30.6 Å². The van der Waals surface area contributed by atoms with Gasteiger partial charge in [0, 0.05) is 16.9 Å². The number of thioether (sulfide) groups is 1. The standard InChI is InChI=1S/C14H21NO2S/c1-14(5-4-6-18-14)13(15)10-7-11(16-2)9-12(8-10)17-3/h7-9,13H,4-6,15H2,1-3H3. The second-order valence-corrected chi connectivity index (χ2v) is 6.52. The molecule has 4 heteroatoms. The maximum absolute atomic E-state index is 6.45. The Hall–Kier alpha value is -0.870. The quantitative estimate of drug-likeness (QED) is 0.911. The first-order chi connectivity index (χ1) is 8.59. The molecule has 1 aromatic carbocycles. The van der Waals surface area contributed by atoms with Crippen LogP contribution in [0.2, 0.25) is 0 Å². The molecule has 2 rings (SSSR count). The minimum Gasteiger partial charge on any atom is -0.497 e. The van der Waals surface area contributed by atoms with Crippen LogP contribution in [0.25, 0.3) is 0 Å². The van der Waals surface area contributed by atoms with E-state index in [1.165, 1.54) is 18.6 Å².